The number of sulfonamides is 1. The molecule has 0 fully saturated rings. The molecule has 0 aromatic heterocycles. The summed E-state index contributed by atoms with van der Waals surface area (Å²) in [7, 11) is 1.94. The molecule has 0 aliphatic heterocycles. The van der Waals surface area contributed by atoms with Crippen molar-refractivity contribution in [2.75, 3.05) is 28.3 Å². The summed E-state index contributed by atoms with van der Waals surface area (Å²) in [4.78, 5) is 12.3. The molecular weight excluding hydrogens is 370 g/mol. The molecule has 0 bridgehead atoms. The normalized spacial score (nSPS) is 11.3. The van der Waals surface area contributed by atoms with Crippen LogP contribution in [0.15, 0.2) is 41.3 Å². The van der Waals surface area contributed by atoms with Gasteiger partial charge in [0.2, 0.25) is 10.0 Å². The first-order valence-electron chi connectivity index (χ1n) is 8.12. The third kappa shape index (κ3) is 4.58. The zero-order valence-electron chi connectivity index (χ0n) is 16.0. The van der Waals surface area contributed by atoms with Gasteiger partial charge in [-0.25, -0.2) is 17.5 Å². The molecule has 2 rings (SSSR count). The fraction of sp³-hybridized carbons (Fsp3) is 0.316. The lowest BCUT2D eigenvalue weighted by atomic mass is 10.1. The van der Waals surface area contributed by atoms with E-state index in [2.05, 4.69) is 0 Å². The van der Waals surface area contributed by atoms with E-state index in [1.54, 1.807) is 6.07 Å². The molecule has 0 unspecified atom stereocenters. The highest BCUT2D eigenvalue weighted by Crippen LogP contribution is 2.27. The number of nitrogens with zero attached hydrogens (tertiary/aromatic N) is 1. The minimum Gasteiger partial charge on any atom is -0.496 e. The van der Waals surface area contributed by atoms with E-state index in [0.717, 1.165) is 15.4 Å². The second-order valence-corrected chi connectivity index (χ2v) is 8.16. The monoisotopic (exact) mass is 393 g/mol. The molecule has 0 spiro atoms. The second-order valence-electron chi connectivity index (χ2n) is 6.04. The molecular formula is C19H23NO6S. The molecule has 27 heavy (non-hydrogen) atoms. The fourth-order valence-electron chi connectivity index (χ4n) is 2.45. The van der Waals surface area contributed by atoms with Crippen molar-refractivity contribution >= 4 is 16.0 Å². The third-order valence-electron chi connectivity index (χ3n) is 3.95. The lowest BCUT2D eigenvalue weighted by Crippen LogP contribution is -2.23. The molecule has 0 aliphatic carbocycles. The van der Waals surface area contributed by atoms with Crippen molar-refractivity contribution in [1.29, 1.82) is 0 Å². The Hall–Kier alpha value is -2.58. The number of hydrogen-bond donors (Lipinski definition) is 0. The average molecular weight is 393 g/mol. The van der Waals surface area contributed by atoms with Gasteiger partial charge in [-0.05, 0) is 37.3 Å². The Bertz CT molecular complexity index is 937. The van der Waals surface area contributed by atoms with E-state index in [0.29, 0.717) is 5.75 Å². The fourth-order valence-corrected chi connectivity index (χ4v) is 3.52. The molecule has 0 N–H and O–H groups in total. The Morgan fingerprint density at radius 3 is 2.22 bits per heavy atom. The van der Waals surface area contributed by atoms with Gasteiger partial charge in [0, 0.05) is 19.7 Å². The number of carbonyl (C=O) groups excluding carboxylic acids is 1. The smallest absolute Gasteiger partial charge is 0.338 e. The van der Waals surface area contributed by atoms with Crippen LogP contribution in [0.2, 0.25) is 0 Å². The van der Waals surface area contributed by atoms with Gasteiger partial charge in [-0.1, -0.05) is 11.6 Å². The Morgan fingerprint density at radius 1 is 1.00 bits per heavy atom. The van der Waals surface area contributed by atoms with Crippen LogP contribution >= 0.6 is 0 Å². The summed E-state index contributed by atoms with van der Waals surface area (Å²) in [6.45, 7) is 1.93. The summed E-state index contributed by atoms with van der Waals surface area (Å²) in [6, 6.07) is 9.70. The molecule has 0 atom stereocenters. The van der Waals surface area contributed by atoms with Crippen LogP contribution < -0.4 is 9.47 Å². The van der Waals surface area contributed by atoms with Crippen LogP contribution in [0.4, 0.5) is 0 Å². The van der Waals surface area contributed by atoms with Crippen LogP contribution in [0, 0.1) is 6.92 Å². The highest BCUT2D eigenvalue weighted by atomic mass is 32.2. The van der Waals surface area contributed by atoms with E-state index in [1.165, 1.54) is 46.5 Å². The van der Waals surface area contributed by atoms with Crippen molar-refractivity contribution in [3.05, 3.63) is 53.1 Å². The Balaban J connectivity index is 2.29. The highest BCUT2D eigenvalue weighted by molar-refractivity contribution is 7.89. The van der Waals surface area contributed by atoms with Crippen molar-refractivity contribution in [2.24, 2.45) is 0 Å². The first-order valence-corrected chi connectivity index (χ1v) is 9.56. The SMILES string of the molecule is COc1ccc(C)cc1COC(=O)c1ccc(OC)c(S(=O)(=O)N(C)C)c1. The lowest BCUT2D eigenvalue weighted by Gasteiger charge is -2.15. The summed E-state index contributed by atoms with van der Waals surface area (Å²) in [6.07, 6.45) is 0. The van der Waals surface area contributed by atoms with Gasteiger partial charge in [0.05, 0.1) is 19.8 Å². The summed E-state index contributed by atoms with van der Waals surface area (Å²) in [5, 5.41) is 0. The number of hydrogen-bond acceptors (Lipinski definition) is 6. The Morgan fingerprint density at radius 2 is 1.63 bits per heavy atom. The van der Waals surface area contributed by atoms with Crippen LogP contribution in [-0.2, 0) is 21.4 Å². The second kappa shape index (κ2) is 8.41. The molecule has 0 saturated carbocycles. The standard InChI is InChI=1S/C19H23NO6S/c1-13-6-8-16(24-4)15(10-13)12-26-19(21)14-7-9-17(25-5)18(11-14)27(22,23)20(2)3/h6-11H,12H2,1-5H3. The van der Waals surface area contributed by atoms with Crippen molar-refractivity contribution < 1.29 is 27.4 Å². The van der Waals surface area contributed by atoms with Crippen molar-refractivity contribution in [3.63, 3.8) is 0 Å². The molecule has 0 aliphatic rings. The van der Waals surface area contributed by atoms with Crippen LogP contribution in [0.5, 0.6) is 11.5 Å². The quantitative estimate of drug-likeness (QED) is 0.673. The summed E-state index contributed by atoms with van der Waals surface area (Å²) in [5.41, 5.74) is 1.84. The average Bonchev–Trinajstić information content (AvgIpc) is 2.65. The molecule has 7 nitrogen and oxygen atoms in total. The number of methoxy groups -OCH3 is 2. The molecule has 8 heteroatoms. The van der Waals surface area contributed by atoms with Crippen molar-refractivity contribution in [2.45, 2.75) is 18.4 Å². The van der Waals surface area contributed by atoms with E-state index in [-0.39, 0.29) is 22.8 Å². The minimum absolute atomic E-state index is 0.00544. The Labute approximate surface area is 159 Å². The minimum atomic E-state index is -3.78. The zero-order chi connectivity index (χ0) is 20.2. The Kier molecular flexibility index (Phi) is 6.45. The number of esters is 1. The summed E-state index contributed by atoms with van der Waals surface area (Å²) >= 11 is 0. The van der Waals surface area contributed by atoms with Gasteiger partial charge < -0.3 is 14.2 Å². The predicted molar refractivity (Wildman–Crippen MR) is 101 cm³/mol. The van der Waals surface area contributed by atoms with Gasteiger partial charge >= 0.3 is 5.97 Å². The number of ether oxygens (including phenoxy) is 3. The number of aryl methyl sites for hydroxylation is 1. The molecule has 0 saturated heterocycles. The van der Waals surface area contributed by atoms with Crippen LogP contribution in [-0.4, -0.2) is 47.0 Å². The maximum absolute atomic E-state index is 12.5. The predicted octanol–water partition coefficient (Wildman–Crippen LogP) is 2.62. The number of carbonyl (C=O) groups is 1. The van der Waals surface area contributed by atoms with Gasteiger partial charge in [0.1, 0.15) is 23.0 Å². The topological polar surface area (TPSA) is 82.1 Å². The van der Waals surface area contributed by atoms with E-state index in [9.17, 15) is 13.2 Å². The molecule has 2 aromatic carbocycles. The third-order valence-corrected chi connectivity index (χ3v) is 5.79. The lowest BCUT2D eigenvalue weighted by molar-refractivity contribution is 0.0469. The largest absolute Gasteiger partial charge is 0.496 e. The summed E-state index contributed by atoms with van der Waals surface area (Å²) < 4.78 is 41.7. The first kappa shape index (κ1) is 20.7. The summed E-state index contributed by atoms with van der Waals surface area (Å²) in [5.74, 6) is 0.121. The van der Waals surface area contributed by atoms with E-state index in [4.69, 9.17) is 14.2 Å². The maximum Gasteiger partial charge on any atom is 0.338 e. The van der Waals surface area contributed by atoms with E-state index >= 15 is 0 Å². The molecule has 2 aromatic rings. The van der Waals surface area contributed by atoms with Crippen LogP contribution in [0.3, 0.4) is 0 Å². The van der Waals surface area contributed by atoms with E-state index in [1.807, 2.05) is 19.1 Å². The number of benzene rings is 2. The van der Waals surface area contributed by atoms with Crippen molar-refractivity contribution in [1.82, 2.24) is 4.31 Å². The molecule has 0 heterocycles. The van der Waals surface area contributed by atoms with Gasteiger partial charge in [-0.2, -0.15) is 0 Å². The molecule has 0 radical (unpaired) electrons. The van der Waals surface area contributed by atoms with Gasteiger partial charge in [-0.3, -0.25) is 0 Å². The molecule has 146 valence electrons. The maximum atomic E-state index is 12.5. The van der Waals surface area contributed by atoms with Gasteiger partial charge in [0.25, 0.3) is 0 Å². The van der Waals surface area contributed by atoms with Crippen LogP contribution in [0.1, 0.15) is 21.5 Å². The van der Waals surface area contributed by atoms with Gasteiger partial charge in [-0.15, -0.1) is 0 Å². The first-order chi connectivity index (χ1) is 12.7. The highest BCUT2D eigenvalue weighted by Gasteiger charge is 2.24. The van der Waals surface area contributed by atoms with Crippen LogP contribution in [0.25, 0.3) is 0 Å². The van der Waals surface area contributed by atoms with Crippen molar-refractivity contribution in [3.8, 4) is 11.5 Å². The van der Waals surface area contributed by atoms with Gasteiger partial charge in [0.15, 0.2) is 0 Å². The van der Waals surface area contributed by atoms with E-state index < -0.39 is 16.0 Å². The zero-order valence-corrected chi connectivity index (χ0v) is 16.8. The molecule has 0 amide bonds. The number of rotatable bonds is 7.